The molecule has 1 aliphatic rings. The molecular weight excluding hydrogens is 581 g/mol. The van der Waals surface area contributed by atoms with Gasteiger partial charge in [-0.25, -0.2) is 9.48 Å². The maximum Gasteiger partial charge on any atom is 0.315 e. The molecule has 212 valence electrons. The molecule has 3 aromatic carbocycles. The topological polar surface area (TPSA) is 79.3 Å². The summed E-state index contributed by atoms with van der Waals surface area (Å²) in [5.74, 6) is -0.179. The molecule has 0 atom stereocenters. The number of hydrogen-bond donors (Lipinski definition) is 2. The standard InChI is InChI=1S/C31H30Cl3N5O2/c1-3-35-30(41)36-31(22-7-5-4-6-8-22)15-17-38(18-16-31)29(40)27-20(2)28(21-9-11-23(32)12-10-21)39(37-27)26-14-13-24(33)19-25(26)34/h4-14,19H,3,15-18H2,1-2H3,(H2,35,36,41). The summed E-state index contributed by atoms with van der Waals surface area (Å²) in [5.41, 5.74) is 3.68. The van der Waals surface area contributed by atoms with Crippen LogP contribution in [-0.2, 0) is 5.54 Å². The summed E-state index contributed by atoms with van der Waals surface area (Å²) in [6.45, 7) is 5.19. The van der Waals surface area contributed by atoms with Crippen molar-refractivity contribution in [3.05, 3.63) is 105 Å². The first kappa shape index (κ1) is 29.0. The summed E-state index contributed by atoms with van der Waals surface area (Å²) in [5, 5.41) is 12.3. The Balaban J connectivity index is 1.48. The molecule has 1 aromatic heterocycles. The number of hydrogen-bond acceptors (Lipinski definition) is 3. The van der Waals surface area contributed by atoms with Crippen LogP contribution >= 0.6 is 34.8 Å². The molecule has 0 unspecified atom stereocenters. The fraction of sp³-hybridized carbons (Fsp3) is 0.258. The van der Waals surface area contributed by atoms with Crippen LogP contribution < -0.4 is 10.6 Å². The molecule has 2 heterocycles. The van der Waals surface area contributed by atoms with Crippen LogP contribution in [-0.4, -0.2) is 46.3 Å². The van der Waals surface area contributed by atoms with Gasteiger partial charge in [-0.2, -0.15) is 5.10 Å². The molecule has 5 rings (SSSR count). The molecule has 2 N–H and O–H groups in total. The molecular formula is C31H30Cl3N5O2. The zero-order valence-electron chi connectivity index (χ0n) is 22.8. The molecule has 3 amide bonds. The van der Waals surface area contributed by atoms with Gasteiger partial charge in [0.15, 0.2) is 5.69 Å². The lowest BCUT2D eigenvalue weighted by Gasteiger charge is -2.42. The van der Waals surface area contributed by atoms with E-state index in [1.807, 2.05) is 56.3 Å². The predicted molar refractivity (Wildman–Crippen MR) is 164 cm³/mol. The summed E-state index contributed by atoms with van der Waals surface area (Å²) in [6, 6.07) is 22.2. The summed E-state index contributed by atoms with van der Waals surface area (Å²) in [6.07, 6.45) is 1.12. The van der Waals surface area contributed by atoms with Crippen molar-refractivity contribution < 1.29 is 9.59 Å². The number of rotatable bonds is 6. The third-order valence-corrected chi connectivity index (χ3v) is 8.29. The van der Waals surface area contributed by atoms with Gasteiger partial charge in [0, 0.05) is 40.8 Å². The van der Waals surface area contributed by atoms with Crippen LogP contribution in [0.2, 0.25) is 15.1 Å². The lowest BCUT2D eigenvalue weighted by Crippen LogP contribution is -2.56. The van der Waals surface area contributed by atoms with E-state index in [2.05, 4.69) is 10.6 Å². The Morgan fingerprint density at radius 1 is 0.927 bits per heavy atom. The van der Waals surface area contributed by atoms with Crippen LogP contribution in [0.15, 0.2) is 72.8 Å². The predicted octanol–water partition coefficient (Wildman–Crippen LogP) is 7.26. The lowest BCUT2D eigenvalue weighted by molar-refractivity contribution is 0.0640. The second kappa shape index (κ2) is 12.1. The van der Waals surface area contributed by atoms with Gasteiger partial charge in [0.25, 0.3) is 5.91 Å². The van der Waals surface area contributed by atoms with E-state index in [1.54, 1.807) is 39.9 Å². The highest BCUT2D eigenvalue weighted by atomic mass is 35.5. The molecule has 7 nitrogen and oxygen atoms in total. The Morgan fingerprint density at radius 2 is 1.59 bits per heavy atom. The van der Waals surface area contributed by atoms with E-state index in [9.17, 15) is 9.59 Å². The fourth-order valence-electron chi connectivity index (χ4n) is 5.38. The van der Waals surface area contributed by atoms with Crippen molar-refractivity contribution in [2.75, 3.05) is 19.6 Å². The molecule has 10 heteroatoms. The van der Waals surface area contributed by atoms with E-state index in [1.165, 1.54) is 0 Å². The third-order valence-electron chi connectivity index (χ3n) is 7.50. The molecule has 1 fully saturated rings. The maximum atomic E-state index is 14.0. The molecule has 0 radical (unpaired) electrons. The number of aromatic nitrogens is 2. The highest BCUT2D eigenvalue weighted by molar-refractivity contribution is 6.35. The van der Waals surface area contributed by atoms with Crippen LogP contribution in [0.25, 0.3) is 16.9 Å². The number of benzene rings is 3. The average molecular weight is 611 g/mol. The fourth-order valence-corrected chi connectivity index (χ4v) is 5.99. The van der Waals surface area contributed by atoms with Gasteiger partial charge >= 0.3 is 6.03 Å². The van der Waals surface area contributed by atoms with Crippen molar-refractivity contribution in [1.82, 2.24) is 25.3 Å². The number of carbonyl (C=O) groups is 2. The van der Waals surface area contributed by atoms with Crippen molar-refractivity contribution in [2.45, 2.75) is 32.2 Å². The van der Waals surface area contributed by atoms with Gasteiger partial charge in [0.1, 0.15) is 0 Å². The summed E-state index contributed by atoms with van der Waals surface area (Å²) in [4.78, 5) is 28.4. The Morgan fingerprint density at radius 3 is 2.22 bits per heavy atom. The largest absolute Gasteiger partial charge is 0.338 e. The van der Waals surface area contributed by atoms with E-state index < -0.39 is 5.54 Å². The molecule has 1 saturated heterocycles. The number of urea groups is 1. The number of nitrogens with zero attached hydrogens (tertiary/aromatic N) is 3. The molecule has 0 spiro atoms. The number of halogens is 3. The molecule has 4 aromatic rings. The number of carbonyl (C=O) groups excluding carboxylic acids is 2. The van der Waals surface area contributed by atoms with E-state index in [4.69, 9.17) is 39.9 Å². The smallest absolute Gasteiger partial charge is 0.315 e. The van der Waals surface area contributed by atoms with E-state index in [0.29, 0.717) is 58.9 Å². The monoisotopic (exact) mass is 609 g/mol. The summed E-state index contributed by atoms with van der Waals surface area (Å²) >= 11 is 18.9. The van der Waals surface area contributed by atoms with Crippen molar-refractivity contribution in [3.8, 4) is 16.9 Å². The van der Waals surface area contributed by atoms with Crippen LogP contribution in [0.3, 0.4) is 0 Å². The summed E-state index contributed by atoms with van der Waals surface area (Å²) in [7, 11) is 0. The number of nitrogens with one attached hydrogen (secondary N) is 2. The van der Waals surface area contributed by atoms with Gasteiger partial charge in [0.05, 0.1) is 21.9 Å². The minimum atomic E-state index is -0.586. The Kier molecular flexibility index (Phi) is 8.59. The minimum Gasteiger partial charge on any atom is -0.338 e. The van der Waals surface area contributed by atoms with Gasteiger partial charge in [-0.3, -0.25) is 4.79 Å². The van der Waals surface area contributed by atoms with Crippen molar-refractivity contribution in [3.63, 3.8) is 0 Å². The first-order valence-electron chi connectivity index (χ1n) is 13.4. The normalized spacial score (nSPS) is 14.5. The van der Waals surface area contributed by atoms with Crippen molar-refractivity contribution >= 4 is 46.7 Å². The third kappa shape index (κ3) is 5.94. The molecule has 0 aliphatic carbocycles. The van der Waals surface area contributed by atoms with Crippen LogP contribution in [0.4, 0.5) is 4.79 Å². The average Bonchev–Trinajstić information content (AvgIpc) is 3.30. The zero-order valence-corrected chi connectivity index (χ0v) is 25.0. The zero-order chi connectivity index (χ0) is 29.1. The van der Waals surface area contributed by atoms with Gasteiger partial charge in [-0.05, 0) is 62.6 Å². The Labute approximate surface area is 254 Å². The van der Waals surface area contributed by atoms with E-state index >= 15 is 0 Å². The van der Waals surface area contributed by atoms with Crippen LogP contribution in [0.5, 0.6) is 0 Å². The molecule has 41 heavy (non-hydrogen) atoms. The second-order valence-electron chi connectivity index (χ2n) is 10.1. The van der Waals surface area contributed by atoms with E-state index in [0.717, 1.165) is 22.4 Å². The van der Waals surface area contributed by atoms with Gasteiger partial charge < -0.3 is 15.5 Å². The minimum absolute atomic E-state index is 0.179. The number of amides is 3. The highest BCUT2D eigenvalue weighted by Crippen LogP contribution is 2.36. The van der Waals surface area contributed by atoms with Gasteiger partial charge in [-0.15, -0.1) is 0 Å². The summed E-state index contributed by atoms with van der Waals surface area (Å²) < 4.78 is 1.69. The SMILES string of the molecule is CCNC(=O)NC1(c2ccccc2)CCN(C(=O)c2nn(-c3ccc(Cl)cc3Cl)c(-c3ccc(Cl)cc3)c2C)CC1. The van der Waals surface area contributed by atoms with Crippen LogP contribution in [0.1, 0.15) is 41.4 Å². The molecule has 1 aliphatic heterocycles. The maximum absolute atomic E-state index is 14.0. The number of likely N-dealkylation sites (tertiary alicyclic amines) is 1. The number of piperidine rings is 1. The first-order chi connectivity index (χ1) is 19.7. The Bertz CT molecular complexity index is 1560. The quantitative estimate of drug-likeness (QED) is 0.241. The highest BCUT2D eigenvalue weighted by Gasteiger charge is 2.39. The first-order valence-corrected chi connectivity index (χ1v) is 14.6. The van der Waals surface area contributed by atoms with Crippen molar-refractivity contribution in [1.29, 1.82) is 0 Å². The lowest BCUT2D eigenvalue weighted by atomic mass is 9.80. The molecule has 0 saturated carbocycles. The second-order valence-corrected chi connectivity index (χ2v) is 11.3. The van der Waals surface area contributed by atoms with E-state index in [-0.39, 0.29) is 11.9 Å². The molecule has 0 bridgehead atoms. The van der Waals surface area contributed by atoms with Crippen LogP contribution in [0, 0.1) is 6.92 Å². The Hall–Kier alpha value is -3.52. The van der Waals surface area contributed by atoms with Gasteiger partial charge in [0.2, 0.25) is 0 Å². The van der Waals surface area contributed by atoms with Crippen molar-refractivity contribution in [2.24, 2.45) is 0 Å². The van der Waals surface area contributed by atoms with Gasteiger partial charge in [-0.1, -0.05) is 77.3 Å².